The molecule has 358 valence electrons. The molecule has 11 aromatic rings. The topological polar surface area (TPSA) is 22.3 Å². The van der Waals surface area contributed by atoms with Crippen molar-refractivity contribution in [3.05, 3.63) is 214 Å². The van der Waals surface area contributed by atoms with E-state index in [0.717, 1.165) is 34.1 Å². The van der Waals surface area contributed by atoms with Gasteiger partial charge in [-0.15, -0.1) is 0 Å². The first-order chi connectivity index (χ1) is 36.4. The maximum Gasteiger partial charge on any atom is 0.255 e. The van der Waals surface area contributed by atoms with E-state index in [1.54, 1.807) is 0 Å². The largest absolute Gasteiger partial charge is 0.458 e. The molecule has 6 heterocycles. The van der Waals surface area contributed by atoms with Gasteiger partial charge in [0.1, 0.15) is 11.5 Å². The van der Waals surface area contributed by atoms with Gasteiger partial charge in [0.15, 0.2) is 0 Å². The number of hydrogen-bond acceptors (Lipinski definition) is 2. The molecule has 6 heteroatoms. The van der Waals surface area contributed by atoms with Gasteiger partial charge in [-0.25, -0.2) is 0 Å². The van der Waals surface area contributed by atoms with E-state index in [1.165, 1.54) is 149 Å². The summed E-state index contributed by atoms with van der Waals surface area (Å²) in [7, 11) is 0. The Labute approximate surface area is 440 Å². The molecule has 0 amide bonds. The fourth-order valence-electron chi connectivity index (χ4n) is 13.9. The predicted molar refractivity (Wildman–Crippen MR) is 321 cm³/mol. The third-order valence-electron chi connectivity index (χ3n) is 17.3. The number of anilines is 3. The van der Waals surface area contributed by atoms with Crippen molar-refractivity contribution in [1.82, 2.24) is 9.13 Å². The molecule has 75 heavy (non-hydrogen) atoms. The molecule has 0 spiro atoms. The quantitative estimate of drug-likeness (QED) is 0.164. The van der Waals surface area contributed by atoms with Crippen molar-refractivity contribution < 1.29 is 4.74 Å². The van der Waals surface area contributed by atoms with Crippen LogP contribution in [0.25, 0.3) is 77.9 Å². The summed E-state index contributed by atoms with van der Waals surface area (Å²) in [5.74, 6) is 1.78. The molecule has 0 aliphatic carbocycles. The molecule has 0 N–H and O–H groups in total. The molecule has 2 aromatic heterocycles. The predicted octanol–water partition coefficient (Wildman–Crippen LogP) is 14.5. The molecule has 4 aliphatic rings. The van der Waals surface area contributed by atoms with Crippen LogP contribution in [0.5, 0.6) is 11.5 Å². The summed E-state index contributed by atoms with van der Waals surface area (Å²) in [6.45, 7) is 24.3. The van der Waals surface area contributed by atoms with Gasteiger partial charge in [0.2, 0.25) is 0 Å². The zero-order valence-corrected chi connectivity index (χ0v) is 44.1. The normalized spacial score (nSPS) is 14.0. The minimum absolute atomic E-state index is 0.0756. The Morgan fingerprint density at radius 1 is 0.453 bits per heavy atom. The Bertz CT molecular complexity index is 4470. The molecule has 0 radical (unpaired) electrons. The average molecular weight is 964 g/mol. The van der Waals surface area contributed by atoms with E-state index in [2.05, 4.69) is 241 Å². The average Bonchev–Trinajstić information content (AvgIpc) is 4.02. The first-order valence-corrected chi connectivity index (χ1v) is 26.6. The zero-order valence-electron chi connectivity index (χ0n) is 44.1. The number of aromatic nitrogens is 2. The lowest BCUT2D eigenvalue weighted by Gasteiger charge is -2.42. The molecule has 15 rings (SSSR count). The lowest BCUT2D eigenvalue weighted by Crippen LogP contribution is -2.62. The van der Waals surface area contributed by atoms with Crippen molar-refractivity contribution in [3.63, 3.8) is 0 Å². The van der Waals surface area contributed by atoms with Gasteiger partial charge in [0, 0.05) is 67.4 Å². The third kappa shape index (κ3) is 6.02. The van der Waals surface area contributed by atoms with Gasteiger partial charge in [0.25, 0.3) is 13.4 Å². The molecule has 4 aliphatic heterocycles. The summed E-state index contributed by atoms with van der Waals surface area (Å²) < 4.78 is 12.7. The smallest absolute Gasteiger partial charge is 0.255 e. The Morgan fingerprint density at radius 2 is 1.04 bits per heavy atom. The monoisotopic (exact) mass is 963 g/mol. The van der Waals surface area contributed by atoms with E-state index >= 15 is 0 Å². The molecule has 0 atom stereocenters. The molecular weight excluding hydrogens is 908 g/mol. The van der Waals surface area contributed by atoms with Crippen LogP contribution >= 0.6 is 0 Å². The second-order valence-electron chi connectivity index (χ2n) is 22.2. The van der Waals surface area contributed by atoms with Crippen LogP contribution in [0.3, 0.4) is 0 Å². The Kier molecular flexibility index (Phi) is 9.13. The second-order valence-corrected chi connectivity index (χ2v) is 22.2. The maximum absolute atomic E-state index is 7.61. The van der Waals surface area contributed by atoms with Gasteiger partial charge < -0.3 is 18.8 Å². The highest BCUT2D eigenvalue weighted by atomic mass is 16.5. The molecule has 0 saturated heterocycles. The van der Waals surface area contributed by atoms with E-state index in [4.69, 9.17) is 4.74 Å². The van der Waals surface area contributed by atoms with Crippen LogP contribution in [-0.4, -0.2) is 22.6 Å². The van der Waals surface area contributed by atoms with Crippen LogP contribution in [-0.2, 0) is 0 Å². The van der Waals surface area contributed by atoms with E-state index in [9.17, 15) is 0 Å². The number of rotatable bonds is 4. The van der Waals surface area contributed by atoms with Crippen LogP contribution in [0.2, 0.25) is 0 Å². The fourth-order valence-corrected chi connectivity index (χ4v) is 13.9. The van der Waals surface area contributed by atoms with E-state index in [0.29, 0.717) is 0 Å². The van der Waals surface area contributed by atoms with Gasteiger partial charge >= 0.3 is 0 Å². The van der Waals surface area contributed by atoms with Gasteiger partial charge in [0.05, 0.1) is 11.0 Å². The van der Waals surface area contributed by atoms with Gasteiger partial charge in [-0.2, -0.15) is 0 Å². The number of fused-ring (bicyclic) bond motifs is 13. The summed E-state index contributed by atoms with van der Waals surface area (Å²) in [5.41, 5.74) is 34.3. The fraction of sp³-hybridized carbons (Fsp3) is 0.130. The standard InChI is InChI=1S/C69H55B2N3O/c1-11-48-51-27-40(6)17-23-58(51)74-63-33-46(50-26-39(5)14-20-44(50)10)34-65-67(63)70(54(12-2)68(48)74)56-35-55-60(36-64(56)75-65)72(47-21-15-37(3)16-22-47)61-31-45(49-25-38(4)13-19-43(49)9)32-62-66(61)71(55)57-30-42(8)29-53-52-28-41(7)18-24-59(52)73(62)69(53)57/h11-36H,1H2,2-10H3/b54-12+. The van der Waals surface area contributed by atoms with Crippen molar-refractivity contribution >= 4 is 102 Å². The number of hydrogen-bond donors (Lipinski definition) is 0. The summed E-state index contributed by atoms with van der Waals surface area (Å²) in [5, 5.41) is 3.81. The summed E-state index contributed by atoms with van der Waals surface area (Å²) in [6.07, 6.45) is 4.45. The van der Waals surface area contributed by atoms with Crippen LogP contribution in [0.15, 0.2) is 158 Å². The van der Waals surface area contributed by atoms with Crippen molar-refractivity contribution in [2.75, 3.05) is 4.90 Å². The first-order valence-electron chi connectivity index (χ1n) is 26.6. The van der Waals surface area contributed by atoms with E-state index in [-0.39, 0.29) is 13.4 Å². The SMILES string of the molecule is C=Cc1c2n(c3ccc(C)cc13)-c1cc(-c3cc(C)ccc3C)cc3c1B(/C2=C/C)c1cc2c(cc1O3)N(c1ccc(C)cc1)c1cc(-c3cc(C)ccc3C)cc3c1B2c1cc(C)cc2c4cc(C)ccc4n-3c12. The molecule has 0 saturated carbocycles. The van der Waals surface area contributed by atoms with Crippen molar-refractivity contribution in [3.8, 4) is 45.1 Å². The summed E-state index contributed by atoms with van der Waals surface area (Å²) >= 11 is 0. The maximum atomic E-state index is 7.61. The van der Waals surface area contributed by atoms with Gasteiger partial charge in [-0.3, -0.25) is 0 Å². The van der Waals surface area contributed by atoms with E-state index < -0.39 is 0 Å². The Balaban J connectivity index is 1.08. The molecule has 0 unspecified atom stereocenters. The van der Waals surface area contributed by atoms with Crippen molar-refractivity contribution in [2.24, 2.45) is 0 Å². The molecule has 0 bridgehead atoms. The number of aryl methyl sites for hydroxylation is 8. The van der Waals surface area contributed by atoms with Crippen LogP contribution in [0.4, 0.5) is 17.1 Å². The lowest BCUT2D eigenvalue weighted by atomic mass is 9.30. The number of allylic oxidation sites excluding steroid dienone is 1. The number of benzene rings is 9. The van der Waals surface area contributed by atoms with Crippen LogP contribution in [0, 0.1) is 55.4 Å². The summed E-state index contributed by atoms with van der Waals surface area (Å²) in [6, 6.07) is 56.3. The Morgan fingerprint density at radius 3 is 1.72 bits per heavy atom. The Hall–Kier alpha value is -8.47. The minimum Gasteiger partial charge on any atom is -0.458 e. The number of ether oxygens (including phenoxy) is 1. The third-order valence-corrected chi connectivity index (χ3v) is 17.3. The van der Waals surface area contributed by atoms with Gasteiger partial charge in [-0.05, 0) is 195 Å². The molecule has 0 fully saturated rings. The van der Waals surface area contributed by atoms with Crippen molar-refractivity contribution in [2.45, 2.75) is 62.3 Å². The van der Waals surface area contributed by atoms with Crippen molar-refractivity contribution in [1.29, 1.82) is 0 Å². The van der Waals surface area contributed by atoms with Gasteiger partial charge in [-0.1, -0.05) is 125 Å². The number of nitrogens with zero attached hydrogens (tertiary/aromatic N) is 3. The molecule has 9 aromatic carbocycles. The zero-order chi connectivity index (χ0) is 51.0. The minimum atomic E-state index is -0.116. The second kappa shape index (κ2) is 15.5. The highest BCUT2D eigenvalue weighted by Gasteiger charge is 2.47. The van der Waals surface area contributed by atoms with E-state index in [1.807, 2.05) is 0 Å². The summed E-state index contributed by atoms with van der Waals surface area (Å²) in [4.78, 5) is 2.55. The highest BCUT2D eigenvalue weighted by molar-refractivity contribution is 7.04. The lowest BCUT2D eigenvalue weighted by molar-refractivity contribution is 0.487. The first kappa shape index (κ1) is 44.1. The van der Waals surface area contributed by atoms with Crippen LogP contribution < -0.4 is 37.0 Å². The van der Waals surface area contributed by atoms with Crippen LogP contribution in [0.1, 0.15) is 62.7 Å². The molecule has 4 nitrogen and oxygen atoms in total. The molecular formula is C69H55B2N3O. The highest BCUT2D eigenvalue weighted by Crippen LogP contribution is 2.49.